The molecule has 7 heteroatoms. The molecule has 24 heavy (non-hydrogen) atoms. The molecule has 2 N–H and O–H groups in total. The number of phenols is 1. The molecule has 1 heterocycles. The van der Waals surface area contributed by atoms with Crippen molar-refractivity contribution in [1.82, 2.24) is 0 Å². The Morgan fingerprint density at radius 3 is 2.62 bits per heavy atom. The Labute approximate surface area is 135 Å². The van der Waals surface area contributed by atoms with Gasteiger partial charge in [0.1, 0.15) is 17.0 Å². The van der Waals surface area contributed by atoms with Crippen molar-refractivity contribution in [3.8, 4) is 5.75 Å². The Balaban J connectivity index is 2.13. The first-order valence-corrected chi connectivity index (χ1v) is 6.98. The van der Waals surface area contributed by atoms with Crippen molar-refractivity contribution < 1.29 is 19.4 Å². The summed E-state index contributed by atoms with van der Waals surface area (Å²) in [6.07, 6.45) is 0. The van der Waals surface area contributed by atoms with Gasteiger partial charge in [-0.2, -0.15) is 0 Å². The highest BCUT2D eigenvalue weighted by atomic mass is 16.4. The predicted octanol–water partition coefficient (Wildman–Crippen LogP) is 3.92. The number of carbonyl (C=O) groups is 1. The number of hydrogen-bond acceptors (Lipinski definition) is 6. The van der Waals surface area contributed by atoms with Crippen molar-refractivity contribution in [1.29, 1.82) is 0 Å². The average molecular weight is 324 g/mol. The Morgan fingerprint density at radius 1 is 1.12 bits per heavy atom. The number of nitrogens with zero attached hydrogens (tertiary/aromatic N) is 2. The van der Waals surface area contributed by atoms with E-state index in [4.69, 9.17) is 9.52 Å². The van der Waals surface area contributed by atoms with Gasteiger partial charge < -0.3 is 14.6 Å². The summed E-state index contributed by atoms with van der Waals surface area (Å²) in [7, 11) is 0. The molecule has 2 aromatic carbocycles. The molecule has 0 saturated carbocycles. The molecule has 120 valence electrons. The van der Waals surface area contributed by atoms with Crippen LogP contribution in [0.2, 0.25) is 0 Å². The highest BCUT2D eigenvalue weighted by molar-refractivity contribution is 5.93. The maximum atomic E-state index is 12.1. The number of aryl methyl sites for hydroxylation is 1. The second kappa shape index (κ2) is 5.96. The molecule has 7 nitrogen and oxygen atoms in total. The monoisotopic (exact) mass is 324 g/mol. The minimum atomic E-state index is -1.14. The van der Waals surface area contributed by atoms with Crippen LogP contribution in [-0.2, 0) is 0 Å². The smallest absolute Gasteiger partial charge is 0.364 e. The zero-order chi connectivity index (χ0) is 17.3. The van der Waals surface area contributed by atoms with Crippen LogP contribution in [0.4, 0.5) is 11.4 Å². The fourth-order valence-electron chi connectivity index (χ4n) is 2.30. The van der Waals surface area contributed by atoms with Gasteiger partial charge >= 0.3 is 11.6 Å². The first-order valence-electron chi connectivity index (χ1n) is 6.98. The lowest BCUT2D eigenvalue weighted by molar-refractivity contribution is 0.0697. The summed E-state index contributed by atoms with van der Waals surface area (Å²) in [5.74, 6) is -1.16. The lowest BCUT2D eigenvalue weighted by Crippen LogP contribution is -2.00. The quantitative estimate of drug-likeness (QED) is 0.560. The van der Waals surface area contributed by atoms with Crippen LogP contribution in [0.3, 0.4) is 0 Å². The molecular formula is C17H12N2O5. The summed E-state index contributed by atoms with van der Waals surface area (Å²) in [5, 5.41) is 27.0. The van der Waals surface area contributed by atoms with E-state index in [-0.39, 0.29) is 28.3 Å². The maximum absolute atomic E-state index is 12.1. The van der Waals surface area contributed by atoms with Gasteiger partial charge in [0.2, 0.25) is 0 Å². The SMILES string of the molecule is Cc1c(N=Nc2ccccc2C(=O)O)c(=O)oc2cc(O)ccc12. The third kappa shape index (κ3) is 2.74. The first-order chi connectivity index (χ1) is 11.5. The number of aromatic hydroxyl groups is 1. The van der Waals surface area contributed by atoms with E-state index in [1.807, 2.05) is 0 Å². The fraction of sp³-hybridized carbons (Fsp3) is 0.0588. The van der Waals surface area contributed by atoms with Crippen LogP contribution in [0.25, 0.3) is 11.0 Å². The zero-order valence-corrected chi connectivity index (χ0v) is 12.6. The molecule has 0 spiro atoms. The number of benzene rings is 2. The highest BCUT2D eigenvalue weighted by Gasteiger charge is 2.13. The molecule has 3 aromatic rings. The molecule has 3 rings (SSSR count). The number of carboxylic acid groups (broad SMARTS) is 1. The summed E-state index contributed by atoms with van der Waals surface area (Å²) >= 11 is 0. The normalized spacial score (nSPS) is 11.2. The lowest BCUT2D eigenvalue weighted by Gasteiger charge is -2.04. The van der Waals surface area contributed by atoms with Crippen LogP contribution < -0.4 is 5.63 Å². The van der Waals surface area contributed by atoms with Crippen LogP contribution in [0, 0.1) is 6.92 Å². The van der Waals surface area contributed by atoms with Crippen LogP contribution in [0.15, 0.2) is 61.9 Å². The maximum Gasteiger partial charge on any atom is 0.364 e. The van der Waals surface area contributed by atoms with Gasteiger partial charge in [0.25, 0.3) is 0 Å². The van der Waals surface area contributed by atoms with Crippen molar-refractivity contribution in [2.75, 3.05) is 0 Å². The molecule has 0 aliphatic carbocycles. The summed E-state index contributed by atoms with van der Waals surface area (Å²) in [6.45, 7) is 1.67. The van der Waals surface area contributed by atoms with Gasteiger partial charge in [-0.1, -0.05) is 12.1 Å². The van der Waals surface area contributed by atoms with Gasteiger partial charge in [-0.15, -0.1) is 10.2 Å². The topological polar surface area (TPSA) is 112 Å². The summed E-state index contributed by atoms with van der Waals surface area (Å²) in [5.41, 5.74) is 0.138. The number of phenolic OH excluding ortho intramolecular Hbond substituents is 1. The Bertz CT molecular complexity index is 1040. The van der Waals surface area contributed by atoms with E-state index in [0.717, 1.165) is 0 Å². The molecule has 0 atom stereocenters. The van der Waals surface area contributed by atoms with E-state index in [9.17, 15) is 14.7 Å². The van der Waals surface area contributed by atoms with Crippen molar-refractivity contribution in [2.24, 2.45) is 10.2 Å². The van der Waals surface area contributed by atoms with Crippen molar-refractivity contribution >= 4 is 28.3 Å². The number of rotatable bonds is 3. The Morgan fingerprint density at radius 2 is 1.88 bits per heavy atom. The van der Waals surface area contributed by atoms with Crippen LogP contribution in [-0.4, -0.2) is 16.2 Å². The van der Waals surface area contributed by atoms with Crippen molar-refractivity contribution in [2.45, 2.75) is 6.92 Å². The van der Waals surface area contributed by atoms with E-state index in [1.54, 1.807) is 25.1 Å². The van der Waals surface area contributed by atoms with Gasteiger partial charge in [-0.05, 0) is 36.8 Å². The van der Waals surface area contributed by atoms with Crippen molar-refractivity contribution in [3.63, 3.8) is 0 Å². The molecule has 0 bridgehead atoms. The summed E-state index contributed by atoms with van der Waals surface area (Å²) in [6, 6.07) is 10.5. The number of fused-ring (bicyclic) bond motifs is 1. The highest BCUT2D eigenvalue weighted by Crippen LogP contribution is 2.28. The van der Waals surface area contributed by atoms with Crippen LogP contribution in [0.5, 0.6) is 5.75 Å². The van der Waals surface area contributed by atoms with Crippen LogP contribution >= 0.6 is 0 Å². The standard InChI is InChI=1S/C17H12N2O5/c1-9-11-7-6-10(20)8-14(11)24-17(23)15(9)19-18-13-5-3-2-4-12(13)16(21)22/h2-8,20H,1H3,(H,21,22). The molecule has 0 fully saturated rings. The second-order valence-corrected chi connectivity index (χ2v) is 5.07. The molecular weight excluding hydrogens is 312 g/mol. The third-order valence-electron chi connectivity index (χ3n) is 3.51. The average Bonchev–Trinajstić information content (AvgIpc) is 2.54. The van der Waals surface area contributed by atoms with E-state index < -0.39 is 11.6 Å². The van der Waals surface area contributed by atoms with E-state index >= 15 is 0 Å². The zero-order valence-electron chi connectivity index (χ0n) is 12.6. The number of hydrogen-bond donors (Lipinski definition) is 2. The lowest BCUT2D eigenvalue weighted by atomic mass is 10.1. The minimum Gasteiger partial charge on any atom is -0.508 e. The second-order valence-electron chi connectivity index (χ2n) is 5.07. The molecule has 0 aliphatic rings. The third-order valence-corrected chi connectivity index (χ3v) is 3.51. The molecule has 0 amide bonds. The van der Waals surface area contributed by atoms with Crippen LogP contribution in [0.1, 0.15) is 15.9 Å². The largest absolute Gasteiger partial charge is 0.508 e. The predicted molar refractivity (Wildman–Crippen MR) is 86.5 cm³/mol. The summed E-state index contributed by atoms with van der Waals surface area (Å²) < 4.78 is 5.13. The van der Waals surface area contributed by atoms with E-state index in [0.29, 0.717) is 10.9 Å². The minimum absolute atomic E-state index is 0.0187. The fourth-order valence-corrected chi connectivity index (χ4v) is 2.30. The van der Waals surface area contributed by atoms with Gasteiger partial charge in [0.15, 0.2) is 5.69 Å². The Hall–Kier alpha value is -3.48. The molecule has 0 radical (unpaired) electrons. The van der Waals surface area contributed by atoms with E-state index in [2.05, 4.69) is 10.2 Å². The number of azo groups is 1. The van der Waals surface area contributed by atoms with E-state index in [1.165, 1.54) is 24.3 Å². The molecule has 0 aliphatic heterocycles. The first kappa shape index (κ1) is 15.4. The van der Waals surface area contributed by atoms with Gasteiger partial charge in [0.05, 0.1) is 5.56 Å². The number of aromatic carboxylic acids is 1. The number of carboxylic acids is 1. The Kier molecular flexibility index (Phi) is 3.83. The molecule has 1 aromatic heterocycles. The van der Waals surface area contributed by atoms with Crippen molar-refractivity contribution in [3.05, 3.63) is 64.0 Å². The summed E-state index contributed by atoms with van der Waals surface area (Å²) in [4.78, 5) is 23.3. The van der Waals surface area contributed by atoms with Gasteiger partial charge in [-0.3, -0.25) is 0 Å². The van der Waals surface area contributed by atoms with Gasteiger partial charge in [-0.25, -0.2) is 9.59 Å². The molecule has 0 unspecified atom stereocenters. The van der Waals surface area contributed by atoms with Gasteiger partial charge in [0, 0.05) is 11.5 Å². The molecule has 0 saturated heterocycles.